The van der Waals surface area contributed by atoms with Crippen molar-refractivity contribution < 1.29 is 14.4 Å². The predicted octanol–water partition coefficient (Wildman–Crippen LogP) is 3.63. The van der Waals surface area contributed by atoms with Crippen LogP contribution >= 0.6 is 0 Å². The van der Waals surface area contributed by atoms with Crippen molar-refractivity contribution in [1.29, 1.82) is 0 Å². The summed E-state index contributed by atoms with van der Waals surface area (Å²) >= 11 is 0. The number of carbonyl (C=O) groups excluding carboxylic acids is 3. The Bertz CT molecular complexity index is 1190. The lowest BCUT2D eigenvalue weighted by atomic mass is 10.0. The molecule has 3 aromatic rings. The van der Waals surface area contributed by atoms with E-state index in [2.05, 4.69) is 10.6 Å². The highest BCUT2D eigenvalue weighted by molar-refractivity contribution is 5.99. The molecule has 3 aromatic carbocycles. The molecule has 3 amide bonds. The monoisotopic (exact) mass is 486 g/mol. The number of anilines is 1. The van der Waals surface area contributed by atoms with Gasteiger partial charge in [-0.2, -0.15) is 0 Å². The highest BCUT2D eigenvalue weighted by atomic mass is 16.2. The number of amides is 3. The number of rotatable bonds is 10. The minimum absolute atomic E-state index is 0.0718. The van der Waals surface area contributed by atoms with Crippen LogP contribution in [0.5, 0.6) is 0 Å². The van der Waals surface area contributed by atoms with Gasteiger partial charge in [0.1, 0.15) is 12.1 Å². The van der Waals surface area contributed by atoms with Gasteiger partial charge in [0.15, 0.2) is 0 Å². The largest absolute Gasteiger partial charge is 0.343 e. The molecular weight excluding hydrogens is 452 g/mol. The number of nitrogens with two attached hydrogens (primary N) is 1. The molecule has 2 atom stereocenters. The van der Waals surface area contributed by atoms with Crippen LogP contribution in [0, 0.1) is 0 Å². The van der Waals surface area contributed by atoms with Crippen molar-refractivity contribution in [3.63, 3.8) is 0 Å². The summed E-state index contributed by atoms with van der Waals surface area (Å²) in [6, 6.07) is 21.8. The van der Waals surface area contributed by atoms with Crippen molar-refractivity contribution in [1.82, 2.24) is 10.2 Å². The van der Waals surface area contributed by atoms with Crippen LogP contribution in [0.25, 0.3) is 10.8 Å². The van der Waals surface area contributed by atoms with Gasteiger partial charge in [0.2, 0.25) is 17.7 Å². The third-order valence-corrected chi connectivity index (χ3v) is 6.72. The molecule has 4 N–H and O–H groups in total. The van der Waals surface area contributed by atoms with Crippen molar-refractivity contribution in [3.05, 3.63) is 78.4 Å². The molecule has 4 rings (SSSR count). The number of nitrogens with one attached hydrogen (secondary N) is 2. The molecule has 0 aromatic heterocycles. The average Bonchev–Trinajstić information content (AvgIpc) is 3.39. The molecule has 0 unspecified atom stereocenters. The summed E-state index contributed by atoms with van der Waals surface area (Å²) in [6.45, 7) is 1.07. The van der Waals surface area contributed by atoms with E-state index < -0.39 is 12.1 Å². The number of hydrogen-bond donors (Lipinski definition) is 3. The van der Waals surface area contributed by atoms with Crippen LogP contribution in [-0.2, 0) is 20.8 Å². The van der Waals surface area contributed by atoms with E-state index in [1.54, 1.807) is 17.0 Å². The fraction of sp³-hybridized carbons (Fsp3) is 0.345. The number of carbonyl (C=O) groups is 3. The Morgan fingerprint density at radius 3 is 2.50 bits per heavy atom. The van der Waals surface area contributed by atoms with Crippen molar-refractivity contribution in [3.8, 4) is 0 Å². The van der Waals surface area contributed by atoms with Gasteiger partial charge in [-0.3, -0.25) is 14.4 Å². The van der Waals surface area contributed by atoms with Crippen molar-refractivity contribution in [2.24, 2.45) is 5.73 Å². The molecule has 7 heteroatoms. The molecule has 0 spiro atoms. The number of nitrogens with zero attached hydrogens (tertiary/aromatic N) is 1. The van der Waals surface area contributed by atoms with Crippen LogP contribution in [-0.4, -0.2) is 47.8 Å². The molecule has 0 radical (unpaired) electrons. The van der Waals surface area contributed by atoms with Gasteiger partial charge in [0.25, 0.3) is 0 Å². The lowest BCUT2D eigenvalue weighted by Gasteiger charge is -2.26. The summed E-state index contributed by atoms with van der Waals surface area (Å²) in [6.07, 6.45) is 3.55. The fourth-order valence-corrected chi connectivity index (χ4v) is 4.83. The molecule has 1 fully saturated rings. The zero-order valence-corrected chi connectivity index (χ0v) is 20.5. The second-order valence-corrected chi connectivity index (χ2v) is 9.26. The summed E-state index contributed by atoms with van der Waals surface area (Å²) in [5.74, 6) is -0.615. The maximum absolute atomic E-state index is 13.3. The molecule has 0 saturated carbocycles. The lowest BCUT2D eigenvalue weighted by Crippen LogP contribution is -2.52. The number of fused-ring (bicyclic) bond motifs is 1. The number of para-hydroxylation sites is 1. The minimum Gasteiger partial charge on any atom is -0.343 e. The second kappa shape index (κ2) is 12.3. The van der Waals surface area contributed by atoms with E-state index in [9.17, 15) is 14.4 Å². The van der Waals surface area contributed by atoms with Gasteiger partial charge in [0, 0.05) is 12.2 Å². The van der Waals surface area contributed by atoms with Crippen LogP contribution < -0.4 is 16.4 Å². The van der Waals surface area contributed by atoms with E-state index in [4.69, 9.17) is 5.73 Å². The van der Waals surface area contributed by atoms with Crippen molar-refractivity contribution in [2.75, 3.05) is 18.4 Å². The van der Waals surface area contributed by atoms with Crippen LogP contribution in [0.15, 0.2) is 72.8 Å². The zero-order valence-electron chi connectivity index (χ0n) is 20.5. The molecule has 0 bridgehead atoms. The van der Waals surface area contributed by atoms with Gasteiger partial charge in [-0.15, -0.1) is 0 Å². The number of unbranched alkanes of at least 4 members (excludes halogenated alkanes) is 1. The molecule has 0 aliphatic carbocycles. The van der Waals surface area contributed by atoms with Crippen LogP contribution in [0.1, 0.15) is 37.7 Å². The Hall–Kier alpha value is -3.71. The van der Waals surface area contributed by atoms with Gasteiger partial charge in [0.05, 0.1) is 6.42 Å². The SMILES string of the molecule is NCCCC[C@H](NC(=O)[C@@H]1CCCN1C(=O)Cc1cccc2ccccc12)C(=O)Nc1ccccc1. The normalized spacial score (nSPS) is 16.0. The first kappa shape index (κ1) is 25.4. The first-order valence-electron chi connectivity index (χ1n) is 12.7. The molecule has 1 aliphatic heterocycles. The van der Waals surface area contributed by atoms with Crippen molar-refractivity contribution in [2.45, 2.75) is 50.6 Å². The van der Waals surface area contributed by atoms with E-state index in [-0.39, 0.29) is 24.1 Å². The Kier molecular flexibility index (Phi) is 8.68. The van der Waals surface area contributed by atoms with Crippen LogP contribution in [0.4, 0.5) is 5.69 Å². The Morgan fingerprint density at radius 2 is 1.69 bits per heavy atom. The predicted molar refractivity (Wildman–Crippen MR) is 142 cm³/mol. The molecule has 1 aliphatic rings. The Balaban J connectivity index is 1.43. The van der Waals surface area contributed by atoms with Crippen LogP contribution in [0.2, 0.25) is 0 Å². The maximum Gasteiger partial charge on any atom is 0.246 e. The maximum atomic E-state index is 13.3. The third kappa shape index (κ3) is 6.29. The third-order valence-electron chi connectivity index (χ3n) is 6.72. The van der Waals surface area contributed by atoms with E-state index in [0.717, 1.165) is 35.6 Å². The van der Waals surface area contributed by atoms with E-state index in [1.165, 1.54) is 0 Å². The number of likely N-dealkylation sites (tertiary alicyclic amines) is 1. The van der Waals surface area contributed by atoms with Crippen LogP contribution in [0.3, 0.4) is 0 Å². The summed E-state index contributed by atoms with van der Waals surface area (Å²) < 4.78 is 0. The smallest absolute Gasteiger partial charge is 0.246 e. The van der Waals surface area contributed by atoms with Gasteiger partial charge >= 0.3 is 0 Å². The van der Waals surface area contributed by atoms with Gasteiger partial charge < -0.3 is 21.3 Å². The van der Waals surface area contributed by atoms with Gasteiger partial charge in [-0.1, -0.05) is 60.7 Å². The Morgan fingerprint density at radius 1 is 0.944 bits per heavy atom. The quantitative estimate of drug-likeness (QED) is 0.381. The average molecular weight is 487 g/mol. The molecule has 7 nitrogen and oxygen atoms in total. The summed E-state index contributed by atoms with van der Waals surface area (Å²) in [7, 11) is 0. The van der Waals surface area contributed by atoms with Crippen molar-refractivity contribution >= 4 is 34.2 Å². The standard InChI is InChI=1S/C29H34N4O3/c30-18-7-6-16-25(28(35)31-23-13-2-1-3-14-23)32-29(36)26-17-9-19-33(26)27(34)20-22-12-8-11-21-10-4-5-15-24(21)22/h1-5,8,10-15,25-26H,6-7,9,16-20,30H2,(H,31,35)(H,32,36)/t25-,26-/m0/s1. The first-order valence-corrected chi connectivity index (χ1v) is 12.7. The lowest BCUT2D eigenvalue weighted by molar-refractivity contribution is -0.138. The zero-order chi connectivity index (χ0) is 25.3. The summed E-state index contributed by atoms with van der Waals surface area (Å²) in [4.78, 5) is 41.3. The molecule has 1 saturated heterocycles. The fourth-order valence-electron chi connectivity index (χ4n) is 4.83. The second-order valence-electron chi connectivity index (χ2n) is 9.26. The molecule has 36 heavy (non-hydrogen) atoms. The summed E-state index contributed by atoms with van der Waals surface area (Å²) in [5, 5.41) is 7.95. The summed E-state index contributed by atoms with van der Waals surface area (Å²) in [5.41, 5.74) is 7.26. The first-order chi connectivity index (χ1) is 17.6. The molecule has 188 valence electrons. The van der Waals surface area contributed by atoms with E-state index in [1.807, 2.05) is 60.7 Å². The highest BCUT2D eigenvalue weighted by Gasteiger charge is 2.35. The molecule has 1 heterocycles. The van der Waals surface area contributed by atoms with E-state index in [0.29, 0.717) is 31.6 Å². The molecular formula is C29H34N4O3. The minimum atomic E-state index is -0.695. The van der Waals surface area contributed by atoms with Gasteiger partial charge in [-0.05, 0) is 67.1 Å². The Labute approximate surface area is 212 Å². The number of hydrogen-bond acceptors (Lipinski definition) is 4. The van der Waals surface area contributed by atoms with Gasteiger partial charge in [-0.25, -0.2) is 0 Å². The highest BCUT2D eigenvalue weighted by Crippen LogP contribution is 2.23. The number of benzene rings is 3. The van der Waals surface area contributed by atoms with E-state index >= 15 is 0 Å². The topological polar surface area (TPSA) is 105 Å².